The summed E-state index contributed by atoms with van der Waals surface area (Å²) < 4.78 is 5.42. The summed E-state index contributed by atoms with van der Waals surface area (Å²) in [5.41, 5.74) is 3.15. The minimum absolute atomic E-state index is 0.0149. The van der Waals surface area contributed by atoms with Crippen LogP contribution in [0.5, 0.6) is 5.75 Å². The molecule has 1 amide bonds. The quantitative estimate of drug-likeness (QED) is 0.861. The second-order valence-electron chi connectivity index (χ2n) is 5.59. The lowest BCUT2D eigenvalue weighted by Gasteiger charge is -2.13. The zero-order chi connectivity index (χ0) is 17.4. The molecule has 2 aromatic carbocycles. The van der Waals surface area contributed by atoms with Gasteiger partial charge in [0.05, 0.1) is 12.2 Å². The molecule has 0 aliphatic carbocycles. The van der Waals surface area contributed by atoms with E-state index in [1.54, 1.807) is 0 Å². The van der Waals surface area contributed by atoms with Gasteiger partial charge in [-0.15, -0.1) is 0 Å². The minimum Gasteiger partial charge on any atom is -0.484 e. The van der Waals surface area contributed by atoms with Crippen molar-refractivity contribution in [3.05, 3.63) is 59.7 Å². The number of amides is 1. The zero-order valence-corrected chi connectivity index (χ0v) is 14.3. The van der Waals surface area contributed by atoms with Gasteiger partial charge >= 0.3 is 0 Å². The third-order valence-electron chi connectivity index (χ3n) is 3.37. The van der Waals surface area contributed by atoms with Gasteiger partial charge in [-0.25, -0.2) is 0 Å². The number of para-hydroxylation sites is 1. The first-order valence-corrected chi connectivity index (χ1v) is 7.77. The zero-order valence-electron chi connectivity index (χ0n) is 14.3. The molecule has 0 atom stereocenters. The molecule has 0 heterocycles. The Hall–Kier alpha value is -2.93. The maximum atomic E-state index is 11.8. The van der Waals surface area contributed by atoms with Crippen LogP contribution >= 0.6 is 0 Å². The summed E-state index contributed by atoms with van der Waals surface area (Å²) in [4.78, 5) is 13.8. The van der Waals surface area contributed by atoms with Crippen LogP contribution in [0.2, 0.25) is 0 Å². The molecule has 2 rings (SSSR count). The Morgan fingerprint density at radius 2 is 1.83 bits per heavy atom. The largest absolute Gasteiger partial charge is 0.484 e. The van der Waals surface area contributed by atoms with E-state index < -0.39 is 0 Å². The normalized spacial score (nSPS) is 9.62. The molecule has 0 spiro atoms. The van der Waals surface area contributed by atoms with Crippen LogP contribution in [-0.4, -0.2) is 33.2 Å². The van der Waals surface area contributed by atoms with Crippen LogP contribution in [0.25, 0.3) is 0 Å². The van der Waals surface area contributed by atoms with E-state index >= 15 is 0 Å². The highest BCUT2D eigenvalue weighted by Gasteiger charge is 2.02. The van der Waals surface area contributed by atoms with Crippen LogP contribution in [0.1, 0.15) is 11.1 Å². The summed E-state index contributed by atoms with van der Waals surface area (Å²) in [7, 11) is 3.95. The van der Waals surface area contributed by atoms with Crippen LogP contribution in [0, 0.1) is 18.8 Å². The average molecular weight is 322 g/mol. The smallest absolute Gasteiger partial charge is 0.258 e. The second-order valence-corrected chi connectivity index (χ2v) is 5.59. The third kappa shape index (κ3) is 5.36. The van der Waals surface area contributed by atoms with E-state index in [-0.39, 0.29) is 19.1 Å². The third-order valence-corrected chi connectivity index (χ3v) is 3.37. The number of carbonyl (C=O) groups is 1. The SMILES string of the molecule is Cc1ccc(OCC(=O)NCC#Cc2ccccc2N(C)C)cc1. The van der Waals surface area contributed by atoms with Gasteiger partial charge in [0.2, 0.25) is 0 Å². The molecule has 0 saturated heterocycles. The topological polar surface area (TPSA) is 41.6 Å². The van der Waals surface area contributed by atoms with Gasteiger partial charge in [-0.1, -0.05) is 41.7 Å². The summed E-state index contributed by atoms with van der Waals surface area (Å²) in [5.74, 6) is 6.55. The maximum absolute atomic E-state index is 11.8. The molecule has 4 heteroatoms. The fraction of sp³-hybridized carbons (Fsp3) is 0.250. The second kappa shape index (κ2) is 8.64. The maximum Gasteiger partial charge on any atom is 0.258 e. The molecular weight excluding hydrogens is 300 g/mol. The van der Waals surface area contributed by atoms with Crippen molar-refractivity contribution < 1.29 is 9.53 Å². The monoisotopic (exact) mass is 322 g/mol. The molecule has 24 heavy (non-hydrogen) atoms. The van der Waals surface area contributed by atoms with Gasteiger partial charge in [-0.3, -0.25) is 4.79 Å². The number of nitrogens with zero attached hydrogens (tertiary/aromatic N) is 1. The van der Waals surface area contributed by atoms with E-state index in [1.807, 2.05) is 74.4 Å². The number of hydrogen-bond acceptors (Lipinski definition) is 3. The summed E-state index contributed by atoms with van der Waals surface area (Å²) >= 11 is 0. The Morgan fingerprint density at radius 3 is 2.54 bits per heavy atom. The number of carbonyl (C=O) groups excluding carboxylic acids is 1. The van der Waals surface area contributed by atoms with Crippen LogP contribution in [0.3, 0.4) is 0 Å². The van der Waals surface area contributed by atoms with E-state index in [0.29, 0.717) is 5.75 Å². The summed E-state index contributed by atoms with van der Waals surface area (Å²) in [6.45, 7) is 2.28. The highest BCUT2D eigenvalue weighted by atomic mass is 16.5. The molecule has 0 unspecified atom stereocenters. The van der Waals surface area contributed by atoms with E-state index in [4.69, 9.17) is 4.74 Å². The number of nitrogens with one attached hydrogen (secondary N) is 1. The highest BCUT2D eigenvalue weighted by Crippen LogP contribution is 2.16. The summed E-state index contributed by atoms with van der Waals surface area (Å²) in [5, 5.41) is 2.73. The minimum atomic E-state index is -0.189. The van der Waals surface area contributed by atoms with Gasteiger partial charge < -0.3 is 15.0 Å². The van der Waals surface area contributed by atoms with Gasteiger partial charge in [0.15, 0.2) is 6.61 Å². The summed E-state index contributed by atoms with van der Waals surface area (Å²) in [6, 6.07) is 15.5. The predicted molar refractivity (Wildman–Crippen MR) is 97.3 cm³/mol. The van der Waals surface area contributed by atoms with Crippen molar-refractivity contribution in [2.75, 3.05) is 32.1 Å². The van der Waals surface area contributed by atoms with Crippen molar-refractivity contribution in [2.45, 2.75) is 6.92 Å². The van der Waals surface area contributed by atoms with Gasteiger partial charge in [0.1, 0.15) is 5.75 Å². The Balaban J connectivity index is 1.80. The number of rotatable bonds is 5. The van der Waals surface area contributed by atoms with Crippen molar-refractivity contribution in [1.29, 1.82) is 0 Å². The number of aryl methyl sites for hydroxylation is 1. The fourth-order valence-electron chi connectivity index (χ4n) is 2.09. The number of anilines is 1. The Morgan fingerprint density at radius 1 is 1.12 bits per heavy atom. The molecule has 0 aliphatic rings. The van der Waals surface area contributed by atoms with Gasteiger partial charge in [0.25, 0.3) is 5.91 Å². The first-order chi connectivity index (χ1) is 11.6. The summed E-state index contributed by atoms with van der Waals surface area (Å²) in [6.07, 6.45) is 0. The van der Waals surface area contributed by atoms with Crippen LogP contribution in [0.15, 0.2) is 48.5 Å². The molecule has 0 saturated carbocycles. The van der Waals surface area contributed by atoms with Crippen LogP contribution < -0.4 is 15.0 Å². The molecule has 0 aliphatic heterocycles. The lowest BCUT2D eigenvalue weighted by atomic mass is 10.1. The average Bonchev–Trinajstić information content (AvgIpc) is 2.58. The number of ether oxygens (including phenoxy) is 1. The van der Waals surface area contributed by atoms with Crippen LogP contribution in [-0.2, 0) is 4.79 Å². The number of hydrogen-bond donors (Lipinski definition) is 1. The standard InChI is InChI=1S/C20H22N2O2/c1-16-10-12-18(13-11-16)24-15-20(23)21-14-6-8-17-7-4-5-9-19(17)22(2)3/h4-5,7,9-13H,14-15H2,1-3H3,(H,21,23). The molecule has 1 N–H and O–H groups in total. The lowest BCUT2D eigenvalue weighted by molar-refractivity contribution is -0.122. The van der Waals surface area contributed by atoms with E-state index in [9.17, 15) is 4.79 Å². The Bertz CT molecular complexity index is 740. The molecule has 124 valence electrons. The van der Waals surface area contributed by atoms with Crippen molar-refractivity contribution in [3.63, 3.8) is 0 Å². The van der Waals surface area contributed by atoms with Crippen molar-refractivity contribution in [3.8, 4) is 17.6 Å². The fourth-order valence-corrected chi connectivity index (χ4v) is 2.09. The first-order valence-electron chi connectivity index (χ1n) is 7.77. The van der Waals surface area contributed by atoms with E-state index in [2.05, 4.69) is 17.2 Å². The molecule has 0 fully saturated rings. The van der Waals surface area contributed by atoms with E-state index in [1.165, 1.54) is 0 Å². The first kappa shape index (κ1) is 17.4. The molecular formula is C20H22N2O2. The van der Waals surface area contributed by atoms with E-state index in [0.717, 1.165) is 16.8 Å². The Labute approximate surface area is 143 Å². The van der Waals surface area contributed by atoms with Crippen molar-refractivity contribution >= 4 is 11.6 Å². The molecule has 4 nitrogen and oxygen atoms in total. The highest BCUT2D eigenvalue weighted by molar-refractivity contribution is 5.77. The lowest BCUT2D eigenvalue weighted by Crippen LogP contribution is -2.29. The van der Waals surface area contributed by atoms with Crippen LogP contribution in [0.4, 0.5) is 5.69 Å². The molecule has 0 radical (unpaired) electrons. The molecule has 0 bridgehead atoms. The van der Waals surface area contributed by atoms with Gasteiger partial charge in [-0.05, 0) is 31.2 Å². The van der Waals surface area contributed by atoms with Gasteiger partial charge in [0, 0.05) is 19.7 Å². The molecule has 0 aromatic heterocycles. The van der Waals surface area contributed by atoms with Gasteiger partial charge in [-0.2, -0.15) is 0 Å². The number of benzene rings is 2. The van der Waals surface area contributed by atoms with Crippen molar-refractivity contribution in [1.82, 2.24) is 5.32 Å². The predicted octanol–water partition coefficient (Wildman–Crippen LogP) is 2.61. The molecule has 2 aromatic rings. The Kier molecular flexibility index (Phi) is 6.27. The van der Waals surface area contributed by atoms with Crippen molar-refractivity contribution in [2.24, 2.45) is 0 Å².